The molecule has 7 atom stereocenters. The van der Waals surface area contributed by atoms with E-state index in [9.17, 15) is 27.9 Å². The van der Waals surface area contributed by atoms with Crippen molar-refractivity contribution in [2.45, 2.75) is 102 Å². The highest BCUT2D eigenvalue weighted by molar-refractivity contribution is 5.85. The largest absolute Gasteiger partial charge is 0.403 e. The smallest absolute Gasteiger partial charge is 0.391 e. The third kappa shape index (κ3) is 6.95. The number of nitrogens with one attached hydrogen (secondary N) is 4. The van der Waals surface area contributed by atoms with E-state index < -0.39 is 48.5 Å². The first-order valence-corrected chi connectivity index (χ1v) is 13.6. The highest BCUT2D eigenvalue weighted by Crippen LogP contribution is 2.42. The number of carbonyl (C=O) groups excluding carboxylic acids is 2. The van der Waals surface area contributed by atoms with Crippen LogP contribution in [0.1, 0.15) is 65.2 Å². The van der Waals surface area contributed by atoms with Crippen molar-refractivity contribution in [3.05, 3.63) is 0 Å². The van der Waals surface area contributed by atoms with Gasteiger partial charge in [-0.2, -0.15) is 13.2 Å². The van der Waals surface area contributed by atoms with Gasteiger partial charge in [0.15, 0.2) is 0 Å². The summed E-state index contributed by atoms with van der Waals surface area (Å²) in [5.74, 6) is -1.39. The normalized spacial score (nSPS) is 36.1. The molecule has 0 radical (unpaired) electrons. The van der Waals surface area contributed by atoms with Gasteiger partial charge in [-0.3, -0.25) is 19.8 Å². The number of aliphatic hydroxyl groups is 1. The summed E-state index contributed by atoms with van der Waals surface area (Å²) < 4.78 is 41.2. The van der Waals surface area contributed by atoms with Crippen LogP contribution in [0.5, 0.6) is 0 Å². The average molecular weight is 533 g/mol. The molecular formula is C25H43F3N6O3. The van der Waals surface area contributed by atoms with Gasteiger partial charge in [-0.15, -0.1) is 0 Å². The maximum absolute atomic E-state index is 13.7. The number of hydrogen-bond donors (Lipinski definition) is 5. The zero-order valence-electron chi connectivity index (χ0n) is 22.1. The maximum Gasteiger partial charge on any atom is 0.403 e. The minimum absolute atomic E-state index is 0.0175. The van der Waals surface area contributed by atoms with Crippen molar-refractivity contribution in [2.75, 3.05) is 26.8 Å². The third-order valence-corrected chi connectivity index (χ3v) is 8.95. The number of β-amino-alcohol motifs (C(OH)–C–C–N with tert-alkyl or cyclic N) is 1. The van der Waals surface area contributed by atoms with E-state index in [1.165, 1.54) is 4.90 Å². The lowest BCUT2D eigenvalue weighted by molar-refractivity contribution is -0.171. The van der Waals surface area contributed by atoms with Crippen molar-refractivity contribution >= 4 is 11.8 Å². The molecule has 1 saturated carbocycles. The van der Waals surface area contributed by atoms with E-state index in [1.54, 1.807) is 0 Å². The van der Waals surface area contributed by atoms with Crippen LogP contribution in [-0.4, -0.2) is 90.1 Å². The standard InChI is InChI=1S/C25H43F3N6O3/c1-24(2,12-21-32-29-14-33(21)3)16-5-4-6-17(11-16)30-22(36)19-9-15(10-20(31-19)25(26,27)28)23(37)34-8-7-18(35)13-34/h15-21,29,31-32,35H,4-14H2,1-3H3,(H,30,36)/t15?,16?,17?,18-,19?,20?,21?/m0/s1. The SMILES string of the molecule is CN1CNNC1CC(C)(C)C1CCCC(NC(=O)C2CC(C(=O)N3CC[C@H](O)C3)CC(C(F)(F)F)N2)C1. The Hall–Kier alpha value is -1.47. The number of likely N-dealkylation sites (tertiary alicyclic amines) is 1. The van der Waals surface area contributed by atoms with Crippen molar-refractivity contribution in [2.24, 2.45) is 17.3 Å². The number of rotatable bonds is 6. The van der Waals surface area contributed by atoms with Crippen LogP contribution in [0.3, 0.4) is 0 Å². The third-order valence-electron chi connectivity index (χ3n) is 8.95. The summed E-state index contributed by atoms with van der Waals surface area (Å²) in [4.78, 5) is 29.8. The van der Waals surface area contributed by atoms with E-state index in [0.717, 1.165) is 38.8 Å². The van der Waals surface area contributed by atoms with Gasteiger partial charge in [-0.1, -0.05) is 20.3 Å². The van der Waals surface area contributed by atoms with Gasteiger partial charge in [-0.25, -0.2) is 10.9 Å². The molecule has 0 spiro atoms. The zero-order chi connectivity index (χ0) is 27.0. The molecule has 1 aliphatic carbocycles. The van der Waals surface area contributed by atoms with Crippen LogP contribution in [0.4, 0.5) is 13.2 Å². The van der Waals surface area contributed by atoms with Gasteiger partial charge in [0.2, 0.25) is 11.8 Å². The minimum atomic E-state index is -4.56. The molecule has 0 bridgehead atoms. The lowest BCUT2D eigenvalue weighted by Gasteiger charge is -2.42. The highest BCUT2D eigenvalue weighted by atomic mass is 19.4. The quantitative estimate of drug-likeness (QED) is 0.351. The number of alkyl halides is 3. The van der Waals surface area contributed by atoms with E-state index in [1.807, 2.05) is 0 Å². The molecular weight excluding hydrogens is 489 g/mol. The summed E-state index contributed by atoms with van der Waals surface area (Å²) in [6.45, 7) is 5.74. The number of piperidine rings is 1. The van der Waals surface area contributed by atoms with E-state index in [0.29, 0.717) is 18.9 Å². The van der Waals surface area contributed by atoms with Crippen molar-refractivity contribution in [3.8, 4) is 0 Å². The van der Waals surface area contributed by atoms with E-state index in [-0.39, 0.29) is 30.6 Å². The number of carbonyl (C=O) groups is 2. The Morgan fingerprint density at radius 2 is 1.86 bits per heavy atom. The minimum Gasteiger partial charge on any atom is -0.391 e. The second-order valence-corrected chi connectivity index (χ2v) is 12.2. The fourth-order valence-corrected chi connectivity index (χ4v) is 6.57. The molecule has 0 aromatic rings. The first kappa shape index (κ1) is 28.5. The summed E-state index contributed by atoms with van der Waals surface area (Å²) in [6.07, 6.45) is -0.397. The molecule has 9 nitrogen and oxygen atoms in total. The van der Waals surface area contributed by atoms with Gasteiger partial charge in [-0.05, 0) is 63.3 Å². The monoisotopic (exact) mass is 532 g/mol. The van der Waals surface area contributed by atoms with Crippen molar-refractivity contribution in [1.82, 2.24) is 31.3 Å². The van der Waals surface area contributed by atoms with Gasteiger partial charge in [0.05, 0.1) is 25.0 Å². The molecule has 3 saturated heterocycles. The van der Waals surface area contributed by atoms with E-state index in [4.69, 9.17) is 0 Å². The second kappa shape index (κ2) is 11.3. The molecule has 3 aliphatic heterocycles. The van der Waals surface area contributed by atoms with Crippen LogP contribution >= 0.6 is 0 Å². The Bertz CT molecular complexity index is 828. The van der Waals surface area contributed by atoms with Crippen molar-refractivity contribution in [1.29, 1.82) is 0 Å². The van der Waals surface area contributed by atoms with Gasteiger partial charge < -0.3 is 15.3 Å². The molecule has 2 amide bonds. The number of nitrogens with zero attached hydrogens (tertiary/aromatic N) is 2. The highest BCUT2D eigenvalue weighted by Gasteiger charge is 2.49. The van der Waals surface area contributed by atoms with Gasteiger partial charge in [0.1, 0.15) is 6.04 Å². The van der Waals surface area contributed by atoms with E-state index >= 15 is 0 Å². The molecule has 0 aromatic carbocycles. The fraction of sp³-hybridized carbons (Fsp3) is 0.920. The Morgan fingerprint density at radius 1 is 1.11 bits per heavy atom. The molecule has 4 fully saturated rings. The summed E-state index contributed by atoms with van der Waals surface area (Å²) >= 11 is 0. The van der Waals surface area contributed by atoms with Gasteiger partial charge >= 0.3 is 6.18 Å². The van der Waals surface area contributed by atoms with Crippen LogP contribution < -0.4 is 21.5 Å². The average Bonchev–Trinajstić information content (AvgIpc) is 3.45. The molecule has 4 rings (SSSR count). The Balaban J connectivity index is 1.37. The van der Waals surface area contributed by atoms with Crippen LogP contribution in [0.25, 0.3) is 0 Å². The van der Waals surface area contributed by atoms with Crippen LogP contribution in [0, 0.1) is 17.3 Å². The lowest BCUT2D eigenvalue weighted by Crippen LogP contribution is -2.60. The first-order chi connectivity index (χ1) is 17.3. The summed E-state index contributed by atoms with van der Waals surface area (Å²) in [5, 5.41) is 15.3. The number of aliphatic hydroxyl groups excluding tert-OH is 1. The fourth-order valence-electron chi connectivity index (χ4n) is 6.57. The van der Waals surface area contributed by atoms with Gasteiger partial charge in [0.25, 0.3) is 0 Å². The first-order valence-electron chi connectivity index (χ1n) is 13.6. The molecule has 37 heavy (non-hydrogen) atoms. The Kier molecular flexibility index (Phi) is 8.74. The van der Waals surface area contributed by atoms with Crippen molar-refractivity contribution in [3.63, 3.8) is 0 Å². The van der Waals surface area contributed by atoms with Gasteiger partial charge in [0, 0.05) is 25.0 Å². The van der Waals surface area contributed by atoms with Crippen LogP contribution in [-0.2, 0) is 9.59 Å². The van der Waals surface area contributed by atoms with Crippen LogP contribution in [0.2, 0.25) is 0 Å². The molecule has 12 heteroatoms. The van der Waals surface area contributed by atoms with E-state index in [2.05, 4.69) is 47.3 Å². The molecule has 3 heterocycles. The molecule has 0 aromatic heterocycles. The van der Waals surface area contributed by atoms with Crippen molar-refractivity contribution < 1.29 is 27.9 Å². The topological polar surface area (TPSA) is 109 Å². The summed E-state index contributed by atoms with van der Waals surface area (Å²) in [6, 6.07) is -3.10. The number of hydrogen-bond acceptors (Lipinski definition) is 7. The number of halogens is 3. The lowest BCUT2D eigenvalue weighted by atomic mass is 9.67. The number of hydrazine groups is 1. The Labute approximate surface area is 217 Å². The maximum atomic E-state index is 13.7. The molecule has 4 aliphatic rings. The summed E-state index contributed by atoms with van der Waals surface area (Å²) in [7, 11) is 2.06. The van der Waals surface area contributed by atoms with Crippen LogP contribution in [0.15, 0.2) is 0 Å². The predicted molar refractivity (Wildman–Crippen MR) is 132 cm³/mol. The predicted octanol–water partition coefficient (Wildman–Crippen LogP) is 1.29. The number of amides is 2. The Morgan fingerprint density at radius 3 is 2.49 bits per heavy atom. The molecule has 6 unspecified atom stereocenters. The summed E-state index contributed by atoms with van der Waals surface area (Å²) in [5.41, 5.74) is 6.48. The molecule has 5 N–H and O–H groups in total. The zero-order valence-corrected chi connectivity index (χ0v) is 22.1. The molecule has 212 valence electrons. The second-order valence-electron chi connectivity index (χ2n) is 12.2.